The number of fused-ring (bicyclic) bond motifs is 4. The van der Waals surface area contributed by atoms with Crippen molar-refractivity contribution < 1.29 is 17.9 Å². The maximum absolute atomic E-state index is 13.3. The van der Waals surface area contributed by atoms with E-state index in [2.05, 4.69) is 34.8 Å². The summed E-state index contributed by atoms with van der Waals surface area (Å²) >= 11 is 6.42. The summed E-state index contributed by atoms with van der Waals surface area (Å²) in [6, 6.07) is 11.7. The second kappa shape index (κ2) is 11.9. The van der Waals surface area contributed by atoms with Gasteiger partial charge in [0, 0.05) is 29.1 Å². The molecule has 2 aliphatic heterocycles. The first-order chi connectivity index (χ1) is 20.2. The number of hydrogen-bond acceptors (Lipinski definition) is 5. The van der Waals surface area contributed by atoms with Crippen molar-refractivity contribution in [3.63, 3.8) is 0 Å². The molecule has 5 atom stereocenters. The minimum absolute atomic E-state index is 0.192. The summed E-state index contributed by atoms with van der Waals surface area (Å²) in [5.41, 5.74) is 3.64. The summed E-state index contributed by atoms with van der Waals surface area (Å²) in [7, 11) is -3.83. The van der Waals surface area contributed by atoms with E-state index in [9.17, 15) is 13.2 Å². The van der Waals surface area contributed by atoms with Crippen LogP contribution in [0.5, 0.6) is 5.75 Å². The van der Waals surface area contributed by atoms with E-state index in [-0.39, 0.29) is 5.41 Å². The number of nitrogens with zero attached hydrogens (tertiary/aromatic N) is 1. The van der Waals surface area contributed by atoms with Crippen LogP contribution in [0.1, 0.15) is 86.7 Å². The quantitative estimate of drug-likeness (QED) is 0.377. The van der Waals surface area contributed by atoms with Crippen molar-refractivity contribution in [2.45, 2.75) is 82.3 Å². The van der Waals surface area contributed by atoms with Gasteiger partial charge in [-0.05, 0) is 111 Å². The SMILES string of the molecule is CCCCC1/C=C/C[C@@H](C)S(=O)(=O)NC(=O)c2ccc3c(c2)N(CC2CCC12)C[C@@]1(CCCc2cc(Cl)ccc21)CO3. The van der Waals surface area contributed by atoms with Gasteiger partial charge in [-0.15, -0.1) is 0 Å². The van der Waals surface area contributed by atoms with Gasteiger partial charge in [-0.2, -0.15) is 0 Å². The van der Waals surface area contributed by atoms with Crippen LogP contribution in [0, 0.1) is 17.8 Å². The Morgan fingerprint density at radius 3 is 2.81 bits per heavy atom. The van der Waals surface area contributed by atoms with Crippen molar-refractivity contribution in [1.82, 2.24) is 4.72 Å². The van der Waals surface area contributed by atoms with Crippen molar-refractivity contribution in [2.75, 3.05) is 24.6 Å². The first-order valence-electron chi connectivity index (χ1n) is 15.7. The molecule has 0 radical (unpaired) electrons. The molecule has 226 valence electrons. The summed E-state index contributed by atoms with van der Waals surface area (Å²) in [6.07, 6.45) is 13.6. The fourth-order valence-electron chi connectivity index (χ4n) is 7.68. The van der Waals surface area contributed by atoms with Gasteiger partial charge >= 0.3 is 0 Å². The molecule has 1 N–H and O–H groups in total. The number of allylic oxidation sites excluding steroid dienone is 2. The highest BCUT2D eigenvalue weighted by atomic mass is 35.5. The monoisotopic (exact) mass is 610 g/mol. The Bertz CT molecular complexity index is 1470. The maximum atomic E-state index is 13.3. The molecule has 1 fully saturated rings. The van der Waals surface area contributed by atoms with Gasteiger partial charge in [0.15, 0.2) is 0 Å². The molecule has 2 aliphatic carbocycles. The van der Waals surface area contributed by atoms with Crippen LogP contribution in [-0.4, -0.2) is 39.3 Å². The molecule has 2 bridgehead atoms. The number of halogens is 1. The minimum Gasteiger partial charge on any atom is -0.490 e. The largest absolute Gasteiger partial charge is 0.490 e. The molecular formula is C34H43ClN2O4S. The highest BCUT2D eigenvalue weighted by Gasteiger charge is 2.44. The molecule has 6 rings (SSSR count). The summed E-state index contributed by atoms with van der Waals surface area (Å²) in [5, 5.41) is 0.0634. The van der Waals surface area contributed by atoms with Crippen LogP contribution in [0.25, 0.3) is 0 Å². The number of unbranched alkanes of at least 4 members (excludes halogenated alkanes) is 1. The highest BCUT2D eigenvalue weighted by molar-refractivity contribution is 7.90. The number of carbonyl (C=O) groups excluding carboxylic acids is 1. The molecule has 1 spiro atoms. The van der Waals surface area contributed by atoms with Crippen LogP contribution in [0.4, 0.5) is 5.69 Å². The molecule has 2 aromatic carbocycles. The molecule has 3 unspecified atom stereocenters. The topological polar surface area (TPSA) is 75.7 Å². The number of amides is 1. The fourth-order valence-corrected chi connectivity index (χ4v) is 8.81. The lowest BCUT2D eigenvalue weighted by atomic mass is 9.65. The first-order valence-corrected chi connectivity index (χ1v) is 17.6. The second-order valence-corrected chi connectivity index (χ2v) is 15.6. The molecule has 42 heavy (non-hydrogen) atoms. The fraction of sp³-hybridized carbons (Fsp3) is 0.559. The predicted molar refractivity (Wildman–Crippen MR) is 169 cm³/mol. The Kier molecular flexibility index (Phi) is 8.36. The number of nitrogens with one attached hydrogen (secondary N) is 1. The molecule has 8 heteroatoms. The van der Waals surface area contributed by atoms with Crippen molar-refractivity contribution >= 4 is 33.2 Å². The third-order valence-electron chi connectivity index (χ3n) is 10.3. The van der Waals surface area contributed by atoms with Crippen molar-refractivity contribution in [2.24, 2.45) is 17.8 Å². The van der Waals surface area contributed by atoms with Gasteiger partial charge in [-0.25, -0.2) is 13.1 Å². The minimum atomic E-state index is -3.83. The van der Waals surface area contributed by atoms with Crippen LogP contribution in [0.15, 0.2) is 48.6 Å². The van der Waals surface area contributed by atoms with Gasteiger partial charge in [0.2, 0.25) is 10.0 Å². The Balaban J connectivity index is 1.43. The van der Waals surface area contributed by atoms with Crippen molar-refractivity contribution in [3.8, 4) is 5.75 Å². The van der Waals surface area contributed by atoms with E-state index in [1.165, 1.54) is 24.0 Å². The van der Waals surface area contributed by atoms with Crippen LogP contribution >= 0.6 is 11.6 Å². The summed E-state index contributed by atoms with van der Waals surface area (Å²) in [5.74, 6) is 1.68. The molecule has 4 aliphatic rings. The van der Waals surface area contributed by atoms with Crippen LogP contribution in [-0.2, 0) is 21.9 Å². The zero-order valence-corrected chi connectivity index (χ0v) is 26.4. The lowest BCUT2D eigenvalue weighted by molar-refractivity contribution is 0.0981. The molecule has 1 amide bonds. The van der Waals surface area contributed by atoms with Crippen LogP contribution in [0.2, 0.25) is 5.02 Å². The van der Waals surface area contributed by atoms with Gasteiger partial charge in [0.25, 0.3) is 5.91 Å². The van der Waals surface area contributed by atoms with E-state index < -0.39 is 21.2 Å². The number of hydrogen-bond donors (Lipinski definition) is 1. The summed E-state index contributed by atoms with van der Waals surface area (Å²) < 4.78 is 35.2. The third-order valence-corrected chi connectivity index (χ3v) is 12.2. The Morgan fingerprint density at radius 1 is 1.17 bits per heavy atom. The second-order valence-electron chi connectivity index (χ2n) is 13.0. The van der Waals surface area contributed by atoms with Crippen molar-refractivity contribution in [3.05, 3.63) is 70.3 Å². The van der Waals surface area contributed by atoms with Crippen molar-refractivity contribution in [1.29, 1.82) is 0 Å². The lowest BCUT2D eigenvalue weighted by Gasteiger charge is -2.46. The maximum Gasteiger partial charge on any atom is 0.264 e. The van der Waals surface area contributed by atoms with Gasteiger partial charge < -0.3 is 9.64 Å². The molecule has 1 saturated carbocycles. The van der Waals surface area contributed by atoms with Gasteiger partial charge in [-0.1, -0.05) is 49.6 Å². The highest BCUT2D eigenvalue weighted by Crippen LogP contribution is 2.48. The van der Waals surface area contributed by atoms with E-state index in [0.29, 0.717) is 36.3 Å². The average Bonchev–Trinajstić information content (AvgIpc) is 3.10. The van der Waals surface area contributed by atoms with E-state index in [1.54, 1.807) is 13.0 Å². The molecule has 2 heterocycles. The standard InChI is InChI=1S/C34H43ClN2O4S/c1-3-4-8-24-9-5-7-23(2)42(39,40)36-33(38)26-12-16-32-31(19-26)37(20-27-11-14-29(24)27)21-34(22-41-32)17-6-10-25-18-28(35)13-15-30(25)34/h5,9,12-13,15-16,18-19,23-24,27,29H,3-4,6-8,10-11,14,17,20-22H2,1-2H3,(H,36,38)/b9-5+/t23-,24?,27?,29?,34+/m1/s1. The average molecular weight is 611 g/mol. The number of carbonyl (C=O) groups is 1. The predicted octanol–water partition coefficient (Wildman–Crippen LogP) is 7.05. The van der Waals surface area contributed by atoms with Gasteiger partial charge in [0.1, 0.15) is 5.75 Å². The first kappa shape index (κ1) is 29.6. The number of ether oxygens (including phenoxy) is 1. The van der Waals surface area contributed by atoms with Gasteiger partial charge in [-0.3, -0.25) is 4.79 Å². The number of benzene rings is 2. The zero-order valence-electron chi connectivity index (χ0n) is 24.8. The zero-order chi connectivity index (χ0) is 29.5. The van der Waals surface area contributed by atoms with Gasteiger partial charge in [0.05, 0.1) is 17.5 Å². The smallest absolute Gasteiger partial charge is 0.264 e. The van der Waals surface area contributed by atoms with Crippen LogP contribution in [0.3, 0.4) is 0 Å². The molecule has 0 saturated heterocycles. The summed E-state index contributed by atoms with van der Waals surface area (Å²) in [6.45, 7) is 6.13. The number of rotatable bonds is 3. The Hall–Kier alpha value is -2.51. The van der Waals surface area contributed by atoms with Crippen LogP contribution < -0.4 is 14.4 Å². The number of aryl methyl sites for hydroxylation is 1. The lowest BCUT2D eigenvalue weighted by Crippen LogP contribution is -2.49. The number of sulfonamides is 1. The Labute approximate surface area is 255 Å². The normalized spacial score (nSPS) is 31.2. The Morgan fingerprint density at radius 2 is 2.02 bits per heavy atom. The molecule has 6 nitrogen and oxygen atoms in total. The molecular weight excluding hydrogens is 568 g/mol. The third kappa shape index (κ3) is 5.71. The molecule has 2 aromatic rings. The molecule has 0 aromatic heterocycles. The van der Waals surface area contributed by atoms with E-state index in [0.717, 1.165) is 68.1 Å². The summed E-state index contributed by atoms with van der Waals surface area (Å²) in [4.78, 5) is 15.8. The van der Waals surface area contributed by atoms with E-state index >= 15 is 0 Å². The van der Waals surface area contributed by atoms with E-state index in [1.807, 2.05) is 24.3 Å². The van der Waals surface area contributed by atoms with E-state index in [4.69, 9.17) is 16.3 Å². The number of anilines is 1.